The third-order valence-corrected chi connectivity index (χ3v) is 20.8. The minimum absolute atomic E-state index is 0.106. The Morgan fingerprint density at radius 1 is 0.283 bits per heavy atom. The van der Waals surface area contributed by atoms with Crippen LogP contribution in [0, 0.1) is 23.7 Å². The van der Waals surface area contributed by atoms with Crippen molar-refractivity contribution in [2.45, 2.75) is 427 Å². The molecule has 0 aromatic rings. The summed E-state index contributed by atoms with van der Waals surface area (Å²) < 4.78 is 68.6. The van der Waals surface area contributed by atoms with Crippen LogP contribution in [0.15, 0.2) is 0 Å². The van der Waals surface area contributed by atoms with Crippen LogP contribution in [0.25, 0.3) is 0 Å². The quantitative estimate of drug-likeness (QED) is 0.0222. The van der Waals surface area contributed by atoms with Gasteiger partial charge in [-0.25, -0.2) is 9.13 Å². The number of aliphatic hydroxyl groups is 1. The number of phosphoric acid groups is 2. The van der Waals surface area contributed by atoms with Crippen molar-refractivity contribution >= 4 is 39.5 Å². The van der Waals surface area contributed by atoms with E-state index < -0.39 is 97.5 Å². The van der Waals surface area contributed by atoms with Crippen molar-refractivity contribution < 1.29 is 80.2 Å². The highest BCUT2D eigenvalue weighted by atomic mass is 31.2. The normalized spacial score (nSPS) is 14.3. The van der Waals surface area contributed by atoms with Crippen molar-refractivity contribution in [3.8, 4) is 0 Å². The summed E-state index contributed by atoms with van der Waals surface area (Å²) in [5, 5.41) is 10.6. The van der Waals surface area contributed by atoms with Gasteiger partial charge in [-0.15, -0.1) is 0 Å². The molecule has 0 aromatic carbocycles. The number of ether oxygens (including phenoxy) is 4. The fourth-order valence-corrected chi connectivity index (χ4v) is 13.8. The Kier molecular flexibility index (Phi) is 67.8. The molecule has 0 saturated heterocycles. The number of esters is 4. The van der Waals surface area contributed by atoms with Crippen molar-refractivity contribution in [2.24, 2.45) is 23.7 Å². The topological polar surface area (TPSA) is 237 Å². The SMILES string of the molecule is CCC(C)CCCCCCCCCCCCCCCCCCCCC(=O)O[C@H](COC(=O)CCCCCCCCCC(C)C)COP(=O)(O)OCC(O)COP(=O)(O)OC[C@@H](COC(=O)CCCCCCCCCCCCC(C)C)OC(=O)CCCCCCCCCCCCCC(C)C. The molecule has 0 bridgehead atoms. The number of phosphoric ester groups is 2. The molecule has 0 aliphatic heterocycles. The molecule has 19 heteroatoms. The summed E-state index contributed by atoms with van der Waals surface area (Å²) in [6, 6.07) is 0. The van der Waals surface area contributed by atoms with E-state index in [0.717, 1.165) is 114 Å². The summed E-state index contributed by atoms with van der Waals surface area (Å²) in [6.45, 7) is 14.2. The van der Waals surface area contributed by atoms with Gasteiger partial charge in [0.15, 0.2) is 12.2 Å². The second-order valence-corrected chi connectivity index (χ2v) is 33.4. The third-order valence-electron chi connectivity index (χ3n) is 18.9. The summed E-state index contributed by atoms with van der Waals surface area (Å²) in [5.74, 6) is 0.983. The van der Waals surface area contributed by atoms with Gasteiger partial charge in [-0.05, 0) is 49.4 Å². The van der Waals surface area contributed by atoms with Gasteiger partial charge in [0, 0.05) is 25.7 Å². The molecule has 3 N–H and O–H groups in total. The predicted molar refractivity (Wildman–Crippen MR) is 404 cm³/mol. The van der Waals surface area contributed by atoms with Gasteiger partial charge in [0.1, 0.15) is 19.3 Å². The van der Waals surface area contributed by atoms with Gasteiger partial charge < -0.3 is 33.8 Å². The first-order valence-electron chi connectivity index (χ1n) is 41.2. The van der Waals surface area contributed by atoms with Crippen LogP contribution in [-0.4, -0.2) is 96.7 Å². The van der Waals surface area contributed by atoms with E-state index in [1.54, 1.807) is 0 Å². The van der Waals surface area contributed by atoms with E-state index in [2.05, 4.69) is 55.4 Å². The zero-order chi connectivity index (χ0) is 73.1. The van der Waals surface area contributed by atoms with Crippen LogP contribution in [-0.2, 0) is 65.4 Å². The third kappa shape index (κ3) is 72.8. The molecule has 0 amide bonds. The van der Waals surface area contributed by atoms with Crippen molar-refractivity contribution in [3.05, 3.63) is 0 Å². The number of rotatable bonds is 77. The van der Waals surface area contributed by atoms with Crippen LogP contribution >= 0.6 is 15.6 Å². The van der Waals surface area contributed by atoms with Crippen molar-refractivity contribution in [1.29, 1.82) is 0 Å². The number of carbonyl (C=O) groups excluding carboxylic acids is 4. The largest absolute Gasteiger partial charge is 0.472 e. The Morgan fingerprint density at radius 3 is 0.717 bits per heavy atom. The van der Waals surface area contributed by atoms with Crippen LogP contribution in [0.1, 0.15) is 409 Å². The lowest BCUT2D eigenvalue weighted by atomic mass is 9.99. The lowest BCUT2D eigenvalue weighted by molar-refractivity contribution is -0.161. The van der Waals surface area contributed by atoms with Gasteiger partial charge in [-0.1, -0.05) is 357 Å². The van der Waals surface area contributed by atoms with Gasteiger partial charge in [-0.3, -0.25) is 37.3 Å². The van der Waals surface area contributed by atoms with E-state index in [1.165, 1.54) is 205 Å². The number of aliphatic hydroxyl groups excluding tert-OH is 1. The van der Waals surface area contributed by atoms with Gasteiger partial charge in [0.2, 0.25) is 0 Å². The summed E-state index contributed by atoms with van der Waals surface area (Å²) in [6.07, 6.45) is 55.6. The molecule has 0 aromatic heterocycles. The van der Waals surface area contributed by atoms with Gasteiger partial charge in [0.25, 0.3) is 0 Å². The Morgan fingerprint density at radius 2 is 0.485 bits per heavy atom. The summed E-state index contributed by atoms with van der Waals surface area (Å²) >= 11 is 0. The van der Waals surface area contributed by atoms with E-state index >= 15 is 0 Å². The van der Waals surface area contributed by atoms with Crippen LogP contribution in [0.2, 0.25) is 0 Å². The van der Waals surface area contributed by atoms with E-state index in [-0.39, 0.29) is 25.7 Å². The molecule has 0 heterocycles. The highest BCUT2D eigenvalue weighted by Gasteiger charge is 2.30. The lowest BCUT2D eigenvalue weighted by Crippen LogP contribution is -2.30. The average Bonchev–Trinajstić information content (AvgIpc) is 1.07. The summed E-state index contributed by atoms with van der Waals surface area (Å²) in [5.41, 5.74) is 0. The molecular formula is C80H156O17P2. The minimum atomic E-state index is -4.96. The fourth-order valence-electron chi connectivity index (χ4n) is 12.2. The molecule has 0 saturated carbocycles. The molecule has 0 aliphatic rings. The Labute approximate surface area is 607 Å². The number of carbonyl (C=O) groups is 4. The van der Waals surface area contributed by atoms with Crippen molar-refractivity contribution in [2.75, 3.05) is 39.6 Å². The standard InChI is InChI=1S/C80H156O17P2/c1-9-73(8)59-51-43-35-27-20-16-14-12-10-11-13-15-17-21-29-37-46-54-62-79(84)97-76(67-91-78(83)61-53-45-39-31-34-42-50-58-72(6)7)69-95-99(88,89)93-65-74(81)64-92-98(86,87)94-68-75(66-90-77(82)60-52-44-36-28-24-23-26-33-41-49-57-71(4)5)96-80(85)63-55-47-38-30-22-18-19-25-32-40-48-56-70(2)3/h70-76,81H,9-69H2,1-8H3,(H,86,87)(H,88,89)/t73?,74?,75-,76-/m1/s1. The fraction of sp³-hybridized carbons (Fsp3) is 0.950. The van der Waals surface area contributed by atoms with E-state index in [9.17, 15) is 43.2 Å². The van der Waals surface area contributed by atoms with Crippen molar-refractivity contribution in [1.82, 2.24) is 0 Å². The number of unbranched alkanes of at least 4 members (excludes halogenated alkanes) is 42. The van der Waals surface area contributed by atoms with Crippen LogP contribution < -0.4 is 0 Å². The predicted octanol–water partition coefficient (Wildman–Crippen LogP) is 23.6. The highest BCUT2D eigenvalue weighted by Crippen LogP contribution is 2.45. The van der Waals surface area contributed by atoms with E-state index in [0.29, 0.717) is 31.6 Å². The minimum Gasteiger partial charge on any atom is -0.462 e. The van der Waals surface area contributed by atoms with Gasteiger partial charge in [0.05, 0.1) is 26.4 Å². The average molecular weight is 1450 g/mol. The second kappa shape index (κ2) is 69.1. The monoisotopic (exact) mass is 1450 g/mol. The summed E-state index contributed by atoms with van der Waals surface area (Å²) in [4.78, 5) is 72.9. The second-order valence-electron chi connectivity index (χ2n) is 30.5. The maximum Gasteiger partial charge on any atom is 0.472 e. The molecule has 99 heavy (non-hydrogen) atoms. The molecule has 4 unspecified atom stereocenters. The molecule has 0 aliphatic carbocycles. The molecule has 588 valence electrons. The van der Waals surface area contributed by atoms with Crippen LogP contribution in [0.4, 0.5) is 0 Å². The molecule has 0 fully saturated rings. The maximum atomic E-state index is 13.1. The lowest BCUT2D eigenvalue weighted by Gasteiger charge is -2.21. The zero-order valence-electron chi connectivity index (χ0n) is 65.1. The Bertz CT molecular complexity index is 1940. The first-order valence-corrected chi connectivity index (χ1v) is 44.2. The van der Waals surface area contributed by atoms with E-state index in [4.69, 9.17) is 37.0 Å². The van der Waals surface area contributed by atoms with E-state index in [1.807, 2.05) is 0 Å². The molecule has 0 spiro atoms. The Balaban J connectivity index is 5.19. The van der Waals surface area contributed by atoms with Gasteiger partial charge >= 0.3 is 39.5 Å². The smallest absolute Gasteiger partial charge is 0.462 e. The number of hydrogen-bond acceptors (Lipinski definition) is 15. The zero-order valence-corrected chi connectivity index (χ0v) is 66.9. The van der Waals surface area contributed by atoms with Crippen LogP contribution in [0.5, 0.6) is 0 Å². The molecule has 6 atom stereocenters. The molecular weight excluding hydrogens is 1290 g/mol. The Hall–Kier alpha value is -1.94. The first kappa shape index (κ1) is 97.1. The van der Waals surface area contributed by atoms with Gasteiger partial charge in [-0.2, -0.15) is 0 Å². The van der Waals surface area contributed by atoms with Crippen molar-refractivity contribution in [3.63, 3.8) is 0 Å². The highest BCUT2D eigenvalue weighted by molar-refractivity contribution is 7.47. The van der Waals surface area contributed by atoms with Crippen LogP contribution in [0.3, 0.4) is 0 Å². The number of hydrogen-bond donors (Lipinski definition) is 3. The maximum absolute atomic E-state index is 13.1. The molecule has 17 nitrogen and oxygen atoms in total. The molecule has 0 rings (SSSR count). The molecule has 0 radical (unpaired) electrons. The first-order chi connectivity index (χ1) is 47.6. The summed E-state index contributed by atoms with van der Waals surface area (Å²) in [7, 11) is -9.92.